The highest BCUT2D eigenvalue weighted by Crippen LogP contribution is 2.37. The van der Waals surface area contributed by atoms with Gasteiger partial charge in [0, 0.05) is 11.1 Å². The van der Waals surface area contributed by atoms with Crippen LogP contribution < -0.4 is 0 Å². The SMILES string of the molecule is ClC(Cl)(Cl)c1ccc(/C=C/c2cc3ccccc3o2)[nH]1. The summed E-state index contributed by atoms with van der Waals surface area (Å²) in [6, 6.07) is 13.4. The van der Waals surface area contributed by atoms with E-state index in [4.69, 9.17) is 39.2 Å². The molecule has 102 valence electrons. The van der Waals surface area contributed by atoms with Gasteiger partial charge in [0.1, 0.15) is 11.3 Å². The van der Waals surface area contributed by atoms with Crippen molar-refractivity contribution in [2.45, 2.75) is 3.79 Å². The first-order valence-corrected chi connectivity index (χ1v) is 7.09. The Balaban J connectivity index is 1.85. The zero-order valence-corrected chi connectivity index (χ0v) is 12.5. The van der Waals surface area contributed by atoms with Gasteiger partial charge in [-0.3, -0.25) is 0 Å². The maximum Gasteiger partial charge on any atom is 0.230 e. The lowest BCUT2D eigenvalue weighted by Gasteiger charge is -2.06. The first kappa shape index (κ1) is 13.6. The van der Waals surface area contributed by atoms with Crippen LogP contribution in [0.5, 0.6) is 0 Å². The highest BCUT2D eigenvalue weighted by atomic mass is 35.6. The first-order valence-electron chi connectivity index (χ1n) is 5.95. The Morgan fingerprint density at radius 1 is 1.00 bits per heavy atom. The van der Waals surface area contributed by atoms with E-state index in [1.54, 1.807) is 6.07 Å². The second-order valence-electron chi connectivity index (χ2n) is 4.35. The first-order chi connectivity index (χ1) is 9.52. The number of alkyl halides is 3. The molecule has 20 heavy (non-hydrogen) atoms. The second kappa shape index (κ2) is 5.21. The number of halogens is 3. The van der Waals surface area contributed by atoms with Gasteiger partial charge in [-0.05, 0) is 36.4 Å². The number of fused-ring (bicyclic) bond motifs is 1. The molecular weight excluding hydrogens is 317 g/mol. The van der Waals surface area contributed by atoms with Gasteiger partial charge in [0.15, 0.2) is 0 Å². The maximum absolute atomic E-state index is 5.80. The lowest BCUT2D eigenvalue weighted by Crippen LogP contribution is -1.99. The fourth-order valence-electron chi connectivity index (χ4n) is 1.93. The standard InChI is InChI=1S/C15H10Cl3NO/c16-15(17,18)14-8-6-11(19-14)5-7-12-9-10-3-1-2-4-13(10)20-12/h1-9,19H/b7-5+. The number of hydrogen-bond donors (Lipinski definition) is 1. The summed E-state index contributed by atoms with van der Waals surface area (Å²) in [5, 5.41) is 1.07. The molecule has 0 aliphatic rings. The third-order valence-electron chi connectivity index (χ3n) is 2.89. The molecule has 3 aromatic rings. The topological polar surface area (TPSA) is 28.9 Å². The van der Waals surface area contributed by atoms with Crippen LogP contribution in [-0.2, 0) is 3.79 Å². The van der Waals surface area contributed by atoms with Crippen molar-refractivity contribution >= 4 is 57.9 Å². The van der Waals surface area contributed by atoms with E-state index in [1.807, 2.05) is 48.6 Å². The molecule has 1 aromatic carbocycles. The van der Waals surface area contributed by atoms with Crippen LogP contribution in [0.3, 0.4) is 0 Å². The molecule has 5 heteroatoms. The summed E-state index contributed by atoms with van der Waals surface area (Å²) in [5.41, 5.74) is 2.24. The van der Waals surface area contributed by atoms with Crippen LogP contribution in [0.1, 0.15) is 17.1 Å². The zero-order valence-electron chi connectivity index (χ0n) is 10.2. The molecule has 1 N–H and O–H groups in total. The van der Waals surface area contributed by atoms with Gasteiger partial charge in [0.05, 0.1) is 5.69 Å². The summed E-state index contributed by atoms with van der Waals surface area (Å²) in [6.45, 7) is 0. The molecule has 2 aromatic heterocycles. The lowest BCUT2D eigenvalue weighted by atomic mass is 10.2. The van der Waals surface area contributed by atoms with Crippen molar-refractivity contribution < 1.29 is 4.42 Å². The maximum atomic E-state index is 5.80. The molecule has 0 saturated heterocycles. The molecule has 2 nitrogen and oxygen atoms in total. The van der Waals surface area contributed by atoms with E-state index in [2.05, 4.69) is 4.98 Å². The molecule has 2 heterocycles. The van der Waals surface area contributed by atoms with Crippen LogP contribution >= 0.6 is 34.8 Å². The van der Waals surface area contributed by atoms with Gasteiger partial charge in [-0.2, -0.15) is 0 Å². The Bertz CT molecular complexity index is 732. The van der Waals surface area contributed by atoms with E-state index < -0.39 is 3.79 Å². The van der Waals surface area contributed by atoms with Crippen molar-refractivity contribution in [3.05, 3.63) is 59.6 Å². The Labute approximate surface area is 130 Å². The molecule has 3 rings (SSSR count). The van der Waals surface area contributed by atoms with Crippen LogP contribution in [0.15, 0.2) is 46.9 Å². The molecule has 0 spiro atoms. The molecule has 0 amide bonds. The summed E-state index contributed by atoms with van der Waals surface area (Å²) in [4.78, 5) is 3.03. The number of nitrogens with one attached hydrogen (secondary N) is 1. The number of para-hydroxylation sites is 1. The van der Waals surface area contributed by atoms with E-state index in [-0.39, 0.29) is 0 Å². The third-order valence-corrected chi connectivity index (χ3v) is 3.50. The number of H-pyrrole nitrogens is 1. The van der Waals surface area contributed by atoms with E-state index in [0.717, 1.165) is 22.4 Å². The Hall–Kier alpha value is -1.35. The van der Waals surface area contributed by atoms with Gasteiger partial charge in [0.2, 0.25) is 3.79 Å². The molecule has 0 saturated carbocycles. The van der Waals surface area contributed by atoms with Crippen LogP contribution in [0.4, 0.5) is 0 Å². The second-order valence-corrected chi connectivity index (χ2v) is 6.63. The zero-order chi connectivity index (χ0) is 14.2. The number of hydrogen-bond acceptors (Lipinski definition) is 1. The van der Waals surface area contributed by atoms with Gasteiger partial charge in [-0.1, -0.05) is 53.0 Å². The number of furan rings is 1. The fourth-order valence-corrected chi connectivity index (χ4v) is 2.26. The number of aromatic amines is 1. The van der Waals surface area contributed by atoms with Crippen LogP contribution in [0, 0.1) is 0 Å². The van der Waals surface area contributed by atoms with Crippen molar-refractivity contribution in [2.75, 3.05) is 0 Å². The van der Waals surface area contributed by atoms with Crippen molar-refractivity contribution in [2.24, 2.45) is 0 Å². The van der Waals surface area contributed by atoms with Gasteiger partial charge >= 0.3 is 0 Å². The number of rotatable bonds is 2. The number of benzene rings is 1. The minimum absolute atomic E-state index is 0.534. The molecule has 0 bridgehead atoms. The van der Waals surface area contributed by atoms with Crippen LogP contribution in [0.25, 0.3) is 23.1 Å². The summed E-state index contributed by atoms with van der Waals surface area (Å²) < 4.78 is 4.25. The summed E-state index contributed by atoms with van der Waals surface area (Å²) in [5.74, 6) is 0.774. The summed E-state index contributed by atoms with van der Waals surface area (Å²) >= 11 is 17.4. The smallest absolute Gasteiger partial charge is 0.230 e. The van der Waals surface area contributed by atoms with Crippen LogP contribution in [-0.4, -0.2) is 4.98 Å². The van der Waals surface area contributed by atoms with E-state index in [0.29, 0.717) is 5.69 Å². The van der Waals surface area contributed by atoms with E-state index in [9.17, 15) is 0 Å². The van der Waals surface area contributed by atoms with Gasteiger partial charge in [-0.15, -0.1) is 0 Å². The lowest BCUT2D eigenvalue weighted by molar-refractivity contribution is 0.604. The average Bonchev–Trinajstić information content (AvgIpc) is 3.02. The highest BCUT2D eigenvalue weighted by Gasteiger charge is 2.23. The van der Waals surface area contributed by atoms with Crippen molar-refractivity contribution in [1.82, 2.24) is 4.98 Å². The molecule has 0 aliphatic carbocycles. The average molecular weight is 327 g/mol. The van der Waals surface area contributed by atoms with E-state index >= 15 is 0 Å². The minimum Gasteiger partial charge on any atom is -0.457 e. The predicted octanol–water partition coefficient (Wildman–Crippen LogP) is 5.76. The van der Waals surface area contributed by atoms with E-state index in [1.165, 1.54) is 0 Å². The molecule has 0 atom stereocenters. The van der Waals surface area contributed by atoms with Gasteiger partial charge in [-0.25, -0.2) is 0 Å². The van der Waals surface area contributed by atoms with Crippen molar-refractivity contribution in [3.63, 3.8) is 0 Å². The highest BCUT2D eigenvalue weighted by molar-refractivity contribution is 6.66. The monoisotopic (exact) mass is 325 g/mol. The fraction of sp³-hybridized carbons (Fsp3) is 0.0667. The Morgan fingerprint density at radius 2 is 1.80 bits per heavy atom. The molecule has 0 unspecified atom stereocenters. The predicted molar refractivity (Wildman–Crippen MR) is 85.2 cm³/mol. The quantitative estimate of drug-likeness (QED) is 0.596. The molecule has 0 radical (unpaired) electrons. The normalized spacial score (nSPS) is 12.6. The van der Waals surface area contributed by atoms with Gasteiger partial charge in [0.25, 0.3) is 0 Å². The third kappa shape index (κ3) is 2.88. The van der Waals surface area contributed by atoms with Crippen LogP contribution in [0.2, 0.25) is 0 Å². The Morgan fingerprint density at radius 3 is 2.50 bits per heavy atom. The van der Waals surface area contributed by atoms with Crippen molar-refractivity contribution in [1.29, 1.82) is 0 Å². The minimum atomic E-state index is -1.44. The van der Waals surface area contributed by atoms with Crippen molar-refractivity contribution in [3.8, 4) is 0 Å². The molecule has 0 aliphatic heterocycles. The summed E-state index contributed by atoms with van der Waals surface area (Å²) in [6.07, 6.45) is 3.74. The summed E-state index contributed by atoms with van der Waals surface area (Å²) in [7, 11) is 0. The molecule has 0 fully saturated rings. The molecular formula is C15H10Cl3NO. The van der Waals surface area contributed by atoms with Gasteiger partial charge < -0.3 is 9.40 Å². The largest absolute Gasteiger partial charge is 0.457 e. The number of aromatic nitrogens is 1. The Kier molecular flexibility index (Phi) is 3.55.